The fourth-order valence-electron chi connectivity index (χ4n) is 1.22. The Morgan fingerprint density at radius 2 is 1.82 bits per heavy atom. The van der Waals surface area contributed by atoms with Crippen LogP contribution in [0.5, 0.6) is 5.75 Å². The van der Waals surface area contributed by atoms with E-state index in [-0.39, 0.29) is 11.5 Å². The highest BCUT2D eigenvalue weighted by molar-refractivity contribution is 7.92. The normalized spacial score (nSPS) is 10.9. The summed E-state index contributed by atoms with van der Waals surface area (Å²) >= 11 is 0. The molecule has 0 aromatic heterocycles. The van der Waals surface area contributed by atoms with Crippen molar-refractivity contribution in [3.8, 4) is 5.75 Å². The van der Waals surface area contributed by atoms with Gasteiger partial charge in [0.1, 0.15) is 5.75 Å². The molecule has 0 radical (unpaired) electrons. The number of rotatable bonds is 5. The standard InChI is InChI=1S/C11H14O5S/c1-3-16-11(12)8-17(13,14)10-6-4-9(15-2)5-7-10/h4-7H,3,8H2,1-2H3. The smallest absolute Gasteiger partial charge is 0.321 e. The summed E-state index contributed by atoms with van der Waals surface area (Å²) < 4.78 is 33.1. The highest BCUT2D eigenvalue weighted by Crippen LogP contribution is 2.16. The van der Waals surface area contributed by atoms with Gasteiger partial charge in [0, 0.05) is 0 Å². The minimum absolute atomic E-state index is 0.0753. The van der Waals surface area contributed by atoms with Gasteiger partial charge in [-0.3, -0.25) is 4.79 Å². The molecule has 0 spiro atoms. The zero-order valence-corrected chi connectivity index (χ0v) is 10.5. The zero-order chi connectivity index (χ0) is 12.9. The molecule has 0 heterocycles. The molecule has 0 N–H and O–H groups in total. The number of hydrogen-bond donors (Lipinski definition) is 0. The second-order valence-corrected chi connectivity index (χ2v) is 5.23. The van der Waals surface area contributed by atoms with E-state index in [9.17, 15) is 13.2 Å². The monoisotopic (exact) mass is 258 g/mol. The first-order valence-corrected chi connectivity index (χ1v) is 6.67. The van der Waals surface area contributed by atoms with E-state index in [1.54, 1.807) is 6.92 Å². The number of sulfone groups is 1. The SMILES string of the molecule is CCOC(=O)CS(=O)(=O)c1ccc(OC)cc1. The average Bonchev–Trinajstić information content (AvgIpc) is 2.28. The van der Waals surface area contributed by atoms with E-state index in [0.717, 1.165) is 0 Å². The summed E-state index contributed by atoms with van der Waals surface area (Å²) in [7, 11) is -2.15. The molecule has 0 unspecified atom stereocenters. The van der Waals surface area contributed by atoms with Gasteiger partial charge in [0.2, 0.25) is 0 Å². The predicted molar refractivity (Wildman–Crippen MR) is 61.7 cm³/mol. The van der Waals surface area contributed by atoms with Gasteiger partial charge in [0.25, 0.3) is 0 Å². The molecule has 0 aliphatic rings. The summed E-state index contributed by atoms with van der Waals surface area (Å²) in [6.45, 7) is 1.79. The molecule has 0 aliphatic carbocycles. The fourth-order valence-corrected chi connectivity index (χ4v) is 2.34. The maximum Gasteiger partial charge on any atom is 0.321 e. The lowest BCUT2D eigenvalue weighted by molar-refractivity contribution is -0.139. The van der Waals surface area contributed by atoms with Crippen molar-refractivity contribution in [3.05, 3.63) is 24.3 Å². The van der Waals surface area contributed by atoms with Crippen LogP contribution in [0.2, 0.25) is 0 Å². The molecule has 1 aromatic carbocycles. The third-order valence-corrected chi connectivity index (χ3v) is 3.64. The summed E-state index contributed by atoms with van der Waals surface area (Å²) in [5.74, 6) is -0.837. The number of ether oxygens (including phenoxy) is 2. The van der Waals surface area contributed by atoms with Crippen LogP contribution in [0.15, 0.2) is 29.2 Å². The van der Waals surface area contributed by atoms with E-state index < -0.39 is 21.6 Å². The van der Waals surface area contributed by atoms with Crippen molar-refractivity contribution >= 4 is 15.8 Å². The van der Waals surface area contributed by atoms with E-state index in [2.05, 4.69) is 4.74 Å². The zero-order valence-electron chi connectivity index (χ0n) is 9.67. The number of carbonyl (C=O) groups is 1. The van der Waals surface area contributed by atoms with Crippen LogP contribution in [0.1, 0.15) is 6.92 Å². The van der Waals surface area contributed by atoms with Gasteiger partial charge in [-0.15, -0.1) is 0 Å². The Bertz CT molecular complexity index is 475. The van der Waals surface area contributed by atoms with Crippen LogP contribution < -0.4 is 4.74 Å². The summed E-state index contributed by atoms with van der Waals surface area (Å²) in [5, 5.41) is 0. The van der Waals surface area contributed by atoms with E-state index in [4.69, 9.17) is 4.74 Å². The van der Waals surface area contributed by atoms with E-state index in [1.165, 1.54) is 31.4 Å². The first-order chi connectivity index (χ1) is 7.99. The van der Waals surface area contributed by atoms with Gasteiger partial charge in [-0.25, -0.2) is 8.42 Å². The molecule has 0 aliphatic heterocycles. The summed E-state index contributed by atoms with van der Waals surface area (Å²) in [5.41, 5.74) is 0. The van der Waals surface area contributed by atoms with Gasteiger partial charge in [0.15, 0.2) is 15.6 Å². The van der Waals surface area contributed by atoms with Gasteiger partial charge in [-0.2, -0.15) is 0 Å². The van der Waals surface area contributed by atoms with Crippen LogP contribution in [0.3, 0.4) is 0 Å². The molecule has 0 bridgehead atoms. The molecule has 0 saturated heterocycles. The van der Waals surface area contributed by atoms with Crippen molar-refractivity contribution in [3.63, 3.8) is 0 Å². The highest BCUT2D eigenvalue weighted by Gasteiger charge is 2.19. The Labute approximate surface area is 100 Å². The number of carbonyl (C=O) groups excluding carboxylic acids is 1. The third kappa shape index (κ3) is 3.74. The first-order valence-electron chi connectivity index (χ1n) is 5.02. The molecule has 6 heteroatoms. The molecule has 0 atom stereocenters. The van der Waals surface area contributed by atoms with Gasteiger partial charge in [-0.05, 0) is 31.2 Å². The average molecular weight is 258 g/mol. The van der Waals surface area contributed by atoms with Crippen molar-refractivity contribution in [1.82, 2.24) is 0 Å². The van der Waals surface area contributed by atoms with Crippen LogP contribution in [0.4, 0.5) is 0 Å². The Balaban J connectivity index is 2.85. The van der Waals surface area contributed by atoms with Crippen LogP contribution in [-0.2, 0) is 19.4 Å². The van der Waals surface area contributed by atoms with Crippen molar-refractivity contribution in [2.45, 2.75) is 11.8 Å². The largest absolute Gasteiger partial charge is 0.497 e. The van der Waals surface area contributed by atoms with Crippen LogP contribution in [-0.4, -0.2) is 33.9 Å². The minimum atomic E-state index is -3.64. The summed E-state index contributed by atoms with van der Waals surface area (Å²) in [6.07, 6.45) is 0. The molecule has 0 saturated carbocycles. The van der Waals surface area contributed by atoms with E-state index >= 15 is 0 Å². The van der Waals surface area contributed by atoms with Crippen LogP contribution in [0.25, 0.3) is 0 Å². The topological polar surface area (TPSA) is 69.7 Å². The quantitative estimate of drug-likeness (QED) is 0.738. The Morgan fingerprint density at radius 3 is 2.29 bits per heavy atom. The van der Waals surface area contributed by atoms with E-state index in [1.807, 2.05) is 0 Å². The first kappa shape index (κ1) is 13.5. The number of esters is 1. The van der Waals surface area contributed by atoms with Gasteiger partial charge in [-0.1, -0.05) is 0 Å². The van der Waals surface area contributed by atoms with Crippen molar-refractivity contribution in [2.24, 2.45) is 0 Å². The molecular formula is C11H14O5S. The Kier molecular flexibility index (Phi) is 4.51. The molecule has 1 rings (SSSR count). The minimum Gasteiger partial charge on any atom is -0.497 e. The number of hydrogen-bond acceptors (Lipinski definition) is 5. The molecule has 94 valence electrons. The lowest BCUT2D eigenvalue weighted by Gasteiger charge is -2.05. The Morgan fingerprint density at radius 1 is 1.24 bits per heavy atom. The van der Waals surface area contributed by atoms with Crippen LogP contribution >= 0.6 is 0 Å². The molecule has 0 amide bonds. The third-order valence-electron chi connectivity index (χ3n) is 2.03. The van der Waals surface area contributed by atoms with Gasteiger partial charge in [0.05, 0.1) is 18.6 Å². The van der Waals surface area contributed by atoms with Gasteiger partial charge >= 0.3 is 5.97 Å². The highest BCUT2D eigenvalue weighted by atomic mass is 32.2. The summed E-state index contributed by atoms with van der Waals surface area (Å²) in [4.78, 5) is 11.2. The van der Waals surface area contributed by atoms with E-state index in [0.29, 0.717) is 5.75 Å². The predicted octanol–water partition coefficient (Wildman–Crippen LogP) is 1.03. The Hall–Kier alpha value is -1.56. The van der Waals surface area contributed by atoms with Crippen LogP contribution in [0, 0.1) is 0 Å². The molecule has 0 fully saturated rings. The number of methoxy groups -OCH3 is 1. The van der Waals surface area contributed by atoms with Crippen molar-refractivity contribution in [2.75, 3.05) is 19.5 Å². The molecule has 5 nitrogen and oxygen atoms in total. The lowest BCUT2D eigenvalue weighted by atomic mass is 10.3. The lowest BCUT2D eigenvalue weighted by Crippen LogP contribution is -2.18. The van der Waals surface area contributed by atoms with Crippen molar-refractivity contribution < 1.29 is 22.7 Å². The molecule has 1 aromatic rings. The molecule has 17 heavy (non-hydrogen) atoms. The molecular weight excluding hydrogens is 244 g/mol. The maximum atomic E-state index is 11.8. The second kappa shape index (κ2) is 5.67. The summed E-state index contributed by atoms with van der Waals surface area (Å²) in [6, 6.07) is 5.84. The second-order valence-electron chi connectivity index (χ2n) is 3.24. The van der Waals surface area contributed by atoms with Gasteiger partial charge < -0.3 is 9.47 Å². The fraction of sp³-hybridized carbons (Fsp3) is 0.364. The maximum absolute atomic E-state index is 11.8. The number of benzene rings is 1. The van der Waals surface area contributed by atoms with Crippen molar-refractivity contribution in [1.29, 1.82) is 0 Å².